The first kappa shape index (κ1) is 26.9. The maximum Gasteiger partial charge on any atom is 0.424 e. The van der Waals surface area contributed by atoms with E-state index in [1.807, 2.05) is 27.7 Å². The molecule has 178 valence electrons. The summed E-state index contributed by atoms with van der Waals surface area (Å²) in [4.78, 5) is 50.2. The first-order chi connectivity index (χ1) is 15.0. The van der Waals surface area contributed by atoms with Crippen molar-refractivity contribution in [1.29, 1.82) is 0 Å². The summed E-state index contributed by atoms with van der Waals surface area (Å²) in [6.07, 6.45) is -1.46. The fourth-order valence-electron chi connectivity index (χ4n) is 2.74. The van der Waals surface area contributed by atoms with Crippen LogP contribution in [0.25, 0.3) is 0 Å². The van der Waals surface area contributed by atoms with Crippen molar-refractivity contribution in [1.82, 2.24) is 0 Å². The van der Waals surface area contributed by atoms with Crippen LogP contribution in [0.3, 0.4) is 0 Å². The molecule has 0 aliphatic rings. The maximum atomic E-state index is 12.9. The highest BCUT2D eigenvalue weighted by Crippen LogP contribution is 2.27. The normalized spacial score (nSPS) is 11.8. The number of carbonyl (C=O) groups is 4. The molecule has 0 radical (unpaired) electrons. The van der Waals surface area contributed by atoms with Crippen LogP contribution in [0.15, 0.2) is 18.2 Å². The Hall–Kier alpha value is -3.10. The summed E-state index contributed by atoms with van der Waals surface area (Å²) >= 11 is 0. The van der Waals surface area contributed by atoms with Crippen LogP contribution in [0, 0.1) is 17.8 Å². The summed E-state index contributed by atoms with van der Waals surface area (Å²) in [5.41, 5.74) is 0.389. The van der Waals surface area contributed by atoms with E-state index >= 15 is 0 Å². The van der Waals surface area contributed by atoms with Crippen molar-refractivity contribution in [2.45, 2.75) is 47.5 Å². The second-order valence-electron chi connectivity index (χ2n) is 8.27. The molecule has 0 bridgehead atoms. The molecule has 0 aliphatic heterocycles. The number of hydrogen-bond acceptors (Lipinski definition) is 7. The average Bonchev–Trinajstić information content (AvgIpc) is 2.74. The van der Waals surface area contributed by atoms with Gasteiger partial charge in [-0.25, -0.2) is 14.4 Å². The minimum atomic E-state index is -1.000. The molecule has 9 nitrogen and oxygen atoms in total. The third-order valence-corrected chi connectivity index (χ3v) is 4.48. The van der Waals surface area contributed by atoms with E-state index < -0.39 is 30.0 Å². The molecule has 1 N–H and O–H groups in total. The van der Waals surface area contributed by atoms with Gasteiger partial charge in [0.15, 0.2) is 0 Å². The number of hydrogen-bond donors (Lipinski definition) is 1. The zero-order chi connectivity index (χ0) is 24.4. The first-order valence-electron chi connectivity index (χ1n) is 10.6. The lowest BCUT2D eigenvalue weighted by Crippen LogP contribution is -2.40. The van der Waals surface area contributed by atoms with Crippen LogP contribution in [-0.2, 0) is 25.4 Å². The van der Waals surface area contributed by atoms with Crippen molar-refractivity contribution >= 4 is 29.8 Å². The number of amides is 2. The molecule has 1 aromatic rings. The molecule has 0 aliphatic carbocycles. The van der Waals surface area contributed by atoms with Gasteiger partial charge in [0.05, 0.1) is 37.5 Å². The summed E-state index contributed by atoms with van der Waals surface area (Å²) in [5, 5.41) is 9.38. The van der Waals surface area contributed by atoms with Crippen LogP contribution in [-0.4, -0.2) is 49.6 Å². The van der Waals surface area contributed by atoms with Gasteiger partial charge in [0.25, 0.3) is 0 Å². The Morgan fingerprint density at radius 1 is 0.969 bits per heavy atom. The lowest BCUT2D eigenvalue weighted by atomic mass is 9.95. The topological polar surface area (TPSA) is 119 Å². The number of imide groups is 1. The molecule has 32 heavy (non-hydrogen) atoms. The number of carbonyl (C=O) groups excluding carboxylic acids is 3. The first-order valence-corrected chi connectivity index (χ1v) is 10.6. The number of carboxylic acid groups (broad SMARTS) is 1. The van der Waals surface area contributed by atoms with Crippen LogP contribution in [0.2, 0.25) is 0 Å². The number of benzene rings is 1. The predicted octanol–water partition coefficient (Wildman–Crippen LogP) is 4.52. The highest BCUT2D eigenvalue weighted by atomic mass is 16.6. The monoisotopic (exact) mass is 451 g/mol. The molecular weight excluding hydrogens is 418 g/mol. The Labute approximate surface area is 188 Å². The third-order valence-electron chi connectivity index (χ3n) is 4.48. The second-order valence-corrected chi connectivity index (χ2v) is 8.27. The largest absolute Gasteiger partial charge is 0.481 e. The summed E-state index contributed by atoms with van der Waals surface area (Å²) < 4.78 is 15.3. The number of ether oxygens (including phenoxy) is 3. The van der Waals surface area contributed by atoms with Gasteiger partial charge in [0.2, 0.25) is 0 Å². The summed E-state index contributed by atoms with van der Waals surface area (Å²) in [6, 6.07) is 4.38. The molecular formula is C23H33NO8. The van der Waals surface area contributed by atoms with Gasteiger partial charge < -0.3 is 19.3 Å². The van der Waals surface area contributed by atoms with Crippen molar-refractivity contribution < 1.29 is 38.5 Å². The number of methoxy groups -OCH3 is 1. The van der Waals surface area contributed by atoms with Crippen molar-refractivity contribution in [3.8, 4) is 0 Å². The number of nitrogens with zero attached hydrogens (tertiary/aromatic N) is 1. The fraction of sp³-hybridized carbons (Fsp3) is 0.565. The predicted molar refractivity (Wildman–Crippen MR) is 118 cm³/mol. The summed E-state index contributed by atoms with van der Waals surface area (Å²) in [7, 11) is 1.18. The fourth-order valence-corrected chi connectivity index (χ4v) is 2.74. The van der Waals surface area contributed by atoms with Crippen LogP contribution in [0.5, 0.6) is 0 Å². The Morgan fingerprint density at radius 3 is 1.91 bits per heavy atom. The molecule has 0 saturated heterocycles. The van der Waals surface area contributed by atoms with E-state index in [2.05, 4.69) is 0 Å². The molecule has 1 rings (SSSR count). The standard InChI is InChI=1S/C23H33NO8/c1-7-17(20(25)26)10-16-8-9-18(21(27)30-6)19(11-16)24(22(28)31-12-14(2)3)23(29)32-13-15(4)5/h8-9,11,14-15,17H,7,10,12-13H2,1-6H3,(H,25,26). The number of carboxylic acids is 1. The lowest BCUT2D eigenvalue weighted by Gasteiger charge is -2.23. The van der Waals surface area contributed by atoms with Gasteiger partial charge in [0.1, 0.15) is 0 Å². The van der Waals surface area contributed by atoms with Crippen molar-refractivity contribution in [3.05, 3.63) is 29.3 Å². The van der Waals surface area contributed by atoms with E-state index in [-0.39, 0.29) is 42.7 Å². The zero-order valence-electron chi connectivity index (χ0n) is 19.5. The molecule has 1 unspecified atom stereocenters. The maximum absolute atomic E-state index is 12.9. The number of rotatable bonds is 10. The smallest absolute Gasteiger partial charge is 0.424 e. The van der Waals surface area contributed by atoms with Gasteiger partial charge in [-0.15, -0.1) is 0 Å². The van der Waals surface area contributed by atoms with E-state index in [0.29, 0.717) is 16.9 Å². The van der Waals surface area contributed by atoms with E-state index in [4.69, 9.17) is 14.2 Å². The number of esters is 1. The molecule has 0 fully saturated rings. The molecule has 0 spiro atoms. The van der Waals surface area contributed by atoms with Crippen LogP contribution in [0.1, 0.15) is 57.0 Å². The van der Waals surface area contributed by atoms with Gasteiger partial charge in [0, 0.05) is 0 Å². The summed E-state index contributed by atoms with van der Waals surface area (Å²) in [5.74, 6) is -2.37. The Kier molecular flexibility index (Phi) is 10.7. The highest BCUT2D eigenvalue weighted by Gasteiger charge is 2.32. The molecule has 1 atom stereocenters. The van der Waals surface area contributed by atoms with Gasteiger partial charge in [-0.1, -0.05) is 40.7 Å². The number of aliphatic carboxylic acids is 1. The second kappa shape index (κ2) is 12.7. The molecule has 1 aromatic carbocycles. The number of anilines is 1. The van der Waals surface area contributed by atoms with Gasteiger partial charge >= 0.3 is 24.1 Å². The highest BCUT2D eigenvalue weighted by molar-refractivity contribution is 6.13. The van der Waals surface area contributed by atoms with Crippen LogP contribution < -0.4 is 4.90 Å². The van der Waals surface area contributed by atoms with Crippen molar-refractivity contribution in [2.75, 3.05) is 25.2 Å². The average molecular weight is 452 g/mol. The van der Waals surface area contributed by atoms with Crippen molar-refractivity contribution in [2.24, 2.45) is 17.8 Å². The molecule has 0 heterocycles. The van der Waals surface area contributed by atoms with E-state index in [1.54, 1.807) is 13.0 Å². The lowest BCUT2D eigenvalue weighted by molar-refractivity contribution is -0.141. The van der Waals surface area contributed by atoms with Gasteiger partial charge in [-0.05, 0) is 42.4 Å². The van der Waals surface area contributed by atoms with Crippen molar-refractivity contribution in [3.63, 3.8) is 0 Å². The minimum Gasteiger partial charge on any atom is -0.481 e. The van der Waals surface area contributed by atoms with Gasteiger partial charge in [-0.3, -0.25) is 4.79 Å². The van der Waals surface area contributed by atoms with Gasteiger partial charge in [-0.2, -0.15) is 4.90 Å². The Morgan fingerprint density at radius 2 is 1.50 bits per heavy atom. The van der Waals surface area contributed by atoms with E-state index in [1.165, 1.54) is 19.2 Å². The SMILES string of the molecule is CCC(Cc1ccc(C(=O)OC)c(N(C(=O)OCC(C)C)C(=O)OCC(C)C)c1)C(=O)O. The quantitative estimate of drug-likeness (QED) is 0.407. The Bertz CT molecular complexity index is 794. The van der Waals surface area contributed by atoms with E-state index in [9.17, 15) is 24.3 Å². The third kappa shape index (κ3) is 7.86. The Balaban J connectivity index is 3.50. The minimum absolute atomic E-state index is 0.0137. The van der Waals surface area contributed by atoms with Crippen LogP contribution in [0.4, 0.5) is 15.3 Å². The summed E-state index contributed by atoms with van der Waals surface area (Å²) in [6.45, 7) is 9.21. The van der Waals surface area contributed by atoms with Crippen LogP contribution >= 0.6 is 0 Å². The molecule has 0 aromatic heterocycles. The molecule has 9 heteroatoms. The molecule has 2 amide bonds. The molecule has 0 saturated carbocycles. The zero-order valence-corrected chi connectivity index (χ0v) is 19.5. The van der Waals surface area contributed by atoms with E-state index in [0.717, 1.165) is 0 Å².